The molecule has 1 aromatic carbocycles. The van der Waals surface area contributed by atoms with Gasteiger partial charge in [-0.3, -0.25) is 9.69 Å². The highest BCUT2D eigenvalue weighted by Gasteiger charge is 2.23. The number of pyridine rings is 1. The minimum absolute atomic E-state index is 0.0515. The second-order valence-corrected chi connectivity index (χ2v) is 9.18. The van der Waals surface area contributed by atoms with E-state index < -0.39 is 0 Å². The van der Waals surface area contributed by atoms with E-state index in [0.29, 0.717) is 17.9 Å². The standard InChI is InChI=1S/C25H30N4O3S/c1-18-23(19(2)32-27-18)17-33-24-22(6-4-11-26-24)25(30)29-13-5-12-28(14-15-29)16-20-7-9-21(31-3)10-8-20/h4,6-11H,5,12-17H2,1-3H3. The van der Waals surface area contributed by atoms with Crippen LogP contribution in [0.4, 0.5) is 0 Å². The Bertz CT molecular complexity index is 1060. The third-order valence-electron chi connectivity index (χ3n) is 5.98. The summed E-state index contributed by atoms with van der Waals surface area (Å²) in [5.74, 6) is 2.41. The minimum atomic E-state index is 0.0515. The predicted octanol–water partition coefficient (Wildman–Crippen LogP) is 4.34. The molecule has 0 N–H and O–H groups in total. The summed E-state index contributed by atoms with van der Waals surface area (Å²) in [6.45, 7) is 7.99. The van der Waals surface area contributed by atoms with Gasteiger partial charge in [0.1, 0.15) is 16.5 Å². The molecule has 0 unspecified atom stereocenters. The number of methoxy groups -OCH3 is 1. The largest absolute Gasteiger partial charge is 0.497 e. The van der Waals surface area contributed by atoms with Gasteiger partial charge in [-0.05, 0) is 50.1 Å². The Morgan fingerprint density at radius 3 is 2.67 bits per heavy atom. The van der Waals surface area contributed by atoms with Crippen LogP contribution in [-0.2, 0) is 12.3 Å². The van der Waals surface area contributed by atoms with Crippen molar-refractivity contribution in [2.45, 2.75) is 37.6 Å². The second-order valence-electron chi connectivity index (χ2n) is 8.22. The number of carbonyl (C=O) groups is 1. The van der Waals surface area contributed by atoms with Gasteiger partial charge in [-0.2, -0.15) is 0 Å². The number of amides is 1. The molecule has 0 saturated carbocycles. The van der Waals surface area contributed by atoms with E-state index in [9.17, 15) is 4.79 Å². The molecule has 7 nitrogen and oxygen atoms in total. The van der Waals surface area contributed by atoms with Crippen LogP contribution in [0, 0.1) is 13.8 Å². The Balaban J connectivity index is 1.39. The third-order valence-corrected chi connectivity index (χ3v) is 7.01. The summed E-state index contributed by atoms with van der Waals surface area (Å²) >= 11 is 1.56. The molecule has 33 heavy (non-hydrogen) atoms. The van der Waals surface area contributed by atoms with Gasteiger partial charge in [0.05, 0.1) is 18.4 Å². The fraction of sp³-hybridized carbons (Fsp3) is 0.400. The summed E-state index contributed by atoms with van der Waals surface area (Å²) < 4.78 is 10.5. The maximum Gasteiger partial charge on any atom is 0.256 e. The second kappa shape index (κ2) is 10.9. The van der Waals surface area contributed by atoms with Gasteiger partial charge in [0.15, 0.2) is 0 Å². The first-order valence-corrected chi connectivity index (χ1v) is 12.2. The first-order chi connectivity index (χ1) is 16.0. The van der Waals surface area contributed by atoms with E-state index in [2.05, 4.69) is 27.2 Å². The average molecular weight is 467 g/mol. The highest BCUT2D eigenvalue weighted by atomic mass is 32.2. The first kappa shape index (κ1) is 23.3. The van der Waals surface area contributed by atoms with Crippen molar-refractivity contribution in [3.63, 3.8) is 0 Å². The Morgan fingerprint density at radius 1 is 1.12 bits per heavy atom. The van der Waals surface area contributed by atoms with Crippen molar-refractivity contribution >= 4 is 17.7 Å². The zero-order chi connectivity index (χ0) is 23.2. The number of hydrogen-bond acceptors (Lipinski definition) is 7. The normalized spacial score (nSPS) is 14.8. The molecule has 174 valence electrons. The smallest absolute Gasteiger partial charge is 0.256 e. The summed E-state index contributed by atoms with van der Waals surface area (Å²) in [6.07, 6.45) is 2.69. The van der Waals surface area contributed by atoms with Crippen LogP contribution < -0.4 is 4.74 Å². The molecule has 1 fully saturated rings. The van der Waals surface area contributed by atoms with E-state index >= 15 is 0 Å². The zero-order valence-corrected chi connectivity index (χ0v) is 20.2. The number of thioether (sulfide) groups is 1. The molecule has 0 aliphatic carbocycles. The molecular formula is C25H30N4O3S. The zero-order valence-electron chi connectivity index (χ0n) is 19.4. The molecule has 1 saturated heterocycles. The molecule has 0 bridgehead atoms. The molecule has 0 atom stereocenters. The van der Waals surface area contributed by atoms with Gasteiger partial charge in [-0.15, -0.1) is 11.8 Å². The number of benzene rings is 1. The topological polar surface area (TPSA) is 71.7 Å². The maximum absolute atomic E-state index is 13.4. The molecule has 4 rings (SSSR count). The Hall–Kier alpha value is -2.84. The van der Waals surface area contributed by atoms with Gasteiger partial charge < -0.3 is 14.2 Å². The monoisotopic (exact) mass is 466 g/mol. The lowest BCUT2D eigenvalue weighted by molar-refractivity contribution is 0.0757. The summed E-state index contributed by atoms with van der Waals surface area (Å²) in [5, 5.41) is 4.77. The molecule has 1 amide bonds. The van der Waals surface area contributed by atoms with Crippen molar-refractivity contribution in [1.82, 2.24) is 19.9 Å². The van der Waals surface area contributed by atoms with Gasteiger partial charge in [-0.1, -0.05) is 17.3 Å². The summed E-state index contributed by atoms with van der Waals surface area (Å²) in [5.41, 5.74) is 3.86. The molecule has 0 radical (unpaired) electrons. The molecule has 1 aliphatic rings. The van der Waals surface area contributed by atoms with Gasteiger partial charge in [0.25, 0.3) is 5.91 Å². The van der Waals surface area contributed by atoms with Crippen LogP contribution in [-0.4, -0.2) is 59.1 Å². The molecule has 3 aromatic rings. The van der Waals surface area contributed by atoms with Crippen LogP contribution in [0.2, 0.25) is 0 Å². The average Bonchev–Trinajstić information content (AvgIpc) is 3.01. The Labute approximate surface area is 199 Å². The van der Waals surface area contributed by atoms with Crippen LogP contribution in [0.25, 0.3) is 0 Å². The molecular weight excluding hydrogens is 436 g/mol. The predicted molar refractivity (Wildman–Crippen MR) is 129 cm³/mol. The lowest BCUT2D eigenvalue weighted by atomic mass is 10.2. The minimum Gasteiger partial charge on any atom is -0.497 e. The number of nitrogens with zero attached hydrogens (tertiary/aromatic N) is 4. The summed E-state index contributed by atoms with van der Waals surface area (Å²) in [4.78, 5) is 22.3. The number of carbonyl (C=O) groups excluding carboxylic acids is 1. The molecule has 8 heteroatoms. The van der Waals surface area contributed by atoms with Gasteiger partial charge in [0, 0.05) is 50.2 Å². The van der Waals surface area contributed by atoms with Crippen LogP contribution >= 0.6 is 11.8 Å². The van der Waals surface area contributed by atoms with E-state index in [-0.39, 0.29) is 5.91 Å². The van der Waals surface area contributed by atoms with Crippen molar-refractivity contribution in [1.29, 1.82) is 0 Å². The molecule has 2 aromatic heterocycles. The number of rotatable bonds is 7. The van der Waals surface area contributed by atoms with Crippen molar-refractivity contribution in [3.05, 3.63) is 70.7 Å². The number of ether oxygens (including phenoxy) is 1. The van der Waals surface area contributed by atoms with Crippen molar-refractivity contribution in [2.24, 2.45) is 0 Å². The van der Waals surface area contributed by atoms with Crippen LogP contribution in [0.3, 0.4) is 0 Å². The third kappa shape index (κ3) is 5.75. The van der Waals surface area contributed by atoms with Crippen molar-refractivity contribution in [3.8, 4) is 5.75 Å². The van der Waals surface area contributed by atoms with E-state index in [0.717, 1.165) is 60.4 Å². The first-order valence-electron chi connectivity index (χ1n) is 11.2. The SMILES string of the molecule is COc1ccc(CN2CCCN(C(=O)c3cccnc3SCc3c(C)noc3C)CC2)cc1. The van der Waals surface area contributed by atoms with Crippen LogP contribution in [0.1, 0.15) is 39.4 Å². The van der Waals surface area contributed by atoms with E-state index in [1.54, 1.807) is 25.1 Å². The molecule has 0 spiro atoms. The van der Waals surface area contributed by atoms with Crippen molar-refractivity contribution in [2.75, 3.05) is 33.3 Å². The fourth-order valence-corrected chi connectivity index (χ4v) is 5.15. The van der Waals surface area contributed by atoms with Crippen LogP contribution in [0.5, 0.6) is 5.75 Å². The molecule has 3 heterocycles. The quantitative estimate of drug-likeness (QED) is 0.480. The maximum atomic E-state index is 13.4. The summed E-state index contributed by atoms with van der Waals surface area (Å²) in [7, 11) is 1.68. The fourth-order valence-electron chi connectivity index (χ4n) is 4.01. The van der Waals surface area contributed by atoms with Gasteiger partial charge in [0.2, 0.25) is 0 Å². The summed E-state index contributed by atoms with van der Waals surface area (Å²) in [6, 6.07) is 11.9. The Kier molecular flexibility index (Phi) is 7.67. The van der Waals surface area contributed by atoms with E-state index in [1.807, 2.05) is 43.0 Å². The van der Waals surface area contributed by atoms with E-state index in [4.69, 9.17) is 9.26 Å². The highest BCUT2D eigenvalue weighted by Crippen LogP contribution is 2.28. The Morgan fingerprint density at radius 2 is 1.94 bits per heavy atom. The number of hydrogen-bond donors (Lipinski definition) is 0. The van der Waals surface area contributed by atoms with E-state index in [1.165, 1.54) is 5.56 Å². The lowest BCUT2D eigenvalue weighted by Gasteiger charge is -2.23. The number of aromatic nitrogens is 2. The lowest BCUT2D eigenvalue weighted by Crippen LogP contribution is -2.35. The van der Waals surface area contributed by atoms with Crippen molar-refractivity contribution < 1.29 is 14.1 Å². The van der Waals surface area contributed by atoms with Gasteiger partial charge >= 0.3 is 0 Å². The van der Waals surface area contributed by atoms with Gasteiger partial charge in [-0.25, -0.2) is 4.98 Å². The molecule has 1 aliphatic heterocycles. The highest BCUT2D eigenvalue weighted by molar-refractivity contribution is 7.98. The number of aryl methyl sites for hydroxylation is 2. The van der Waals surface area contributed by atoms with Crippen LogP contribution in [0.15, 0.2) is 52.1 Å².